The molecule has 5 aliphatic rings. The predicted molar refractivity (Wildman–Crippen MR) is 394 cm³/mol. The van der Waals surface area contributed by atoms with E-state index < -0.39 is 0 Å². The van der Waals surface area contributed by atoms with Gasteiger partial charge in [0.25, 0.3) is 6.71 Å². The van der Waals surface area contributed by atoms with E-state index in [4.69, 9.17) is 8.83 Å². The van der Waals surface area contributed by atoms with Crippen molar-refractivity contribution in [2.75, 3.05) is 19.4 Å². The highest BCUT2D eigenvalue weighted by Crippen LogP contribution is 2.59. The SMILES string of the molecule is Cc1cc2c3c(c1)N(c1c(C)cc(-c4cccc5c4oc4ccccc45)cc1C)c1cc4c(cc1B3c1ccc(C(C)(C)C)cc1N2c1c(C)cc(-c2cccc3c2oc2ccccc23)cc1C)N1B2c3c(cc(C(C)(C)C)cc3-c3ccccc3N24)-c2ccccc21. The molecule has 0 radical (unpaired) electrons. The summed E-state index contributed by atoms with van der Waals surface area (Å²) in [6, 6.07) is 80.6. The zero-order chi connectivity index (χ0) is 63.0. The molecule has 93 heavy (non-hydrogen) atoms. The summed E-state index contributed by atoms with van der Waals surface area (Å²) in [5.74, 6) is 0. The van der Waals surface area contributed by atoms with Crippen LogP contribution in [0.2, 0.25) is 0 Å². The van der Waals surface area contributed by atoms with Gasteiger partial charge in [0.1, 0.15) is 22.3 Å². The second-order valence-corrected chi connectivity index (χ2v) is 29.1. The maximum absolute atomic E-state index is 6.76. The maximum Gasteiger partial charge on any atom is 0.422 e. The second-order valence-electron chi connectivity index (χ2n) is 29.1. The normalized spacial score (nSPS) is 14.1. The quantitative estimate of drug-likeness (QED) is 0.164. The van der Waals surface area contributed by atoms with Gasteiger partial charge in [-0.15, -0.1) is 0 Å². The molecule has 8 heteroatoms. The van der Waals surface area contributed by atoms with Gasteiger partial charge < -0.3 is 28.3 Å². The van der Waals surface area contributed by atoms with Crippen LogP contribution in [0.15, 0.2) is 221 Å². The number of para-hydroxylation sites is 6. The lowest BCUT2D eigenvalue weighted by molar-refractivity contribution is 0.590. The molecule has 0 unspecified atom stereocenters. The third kappa shape index (κ3) is 7.49. The van der Waals surface area contributed by atoms with E-state index in [2.05, 4.69) is 308 Å². The van der Waals surface area contributed by atoms with Crippen molar-refractivity contribution in [2.24, 2.45) is 0 Å². The zero-order valence-electron chi connectivity index (χ0n) is 54.5. The Balaban J connectivity index is 0.885. The van der Waals surface area contributed by atoms with Crippen LogP contribution in [0, 0.1) is 34.6 Å². The Bertz CT molecular complexity index is 5610. The molecule has 0 atom stereocenters. The maximum atomic E-state index is 6.76. The number of hydrogen-bond donors (Lipinski definition) is 0. The van der Waals surface area contributed by atoms with Crippen molar-refractivity contribution >= 4 is 136 Å². The van der Waals surface area contributed by atoms with E-state index in [-0.39, 0.29) is 24.5 Å². The molecule has 0 N–H and O–H groups in total. The standard InChI is InChI=1S/C85H68B2N4O2/c1-47-36-74-79-75(37-47)89(81-50(4)40-53(41-51(81)5)57-27-21-29-63-61-25-15-19-33-77(61)93-83(57)63)71-46-73-72(90-68-30-16-12-22-58(68)64-42-55(85(9,10)11)43-65-59-23-13-17-31-69(59)91(73)87(90)78(64)65)45-67(71)86(79)66-35-34-54(84(6,7)8)44-70(66)88(74)80-48(2)38-52(39-49(80)3)56-26-20-28-62-60-24-14-18-32-76(60)92-82(56)62/h12-46H,1-11H3. The fraction of sp³-hybridized carbons (Fsp3) is 0.153. The number of furan rings is 2. The van der Waals surface area contributed by atoms with Crippen LogP contribution in [-0.2, 0) is 10.8 Å². The molecular formula is C85H68B2N4O2. The largest absolute Gasteiger partial charge is 0.455 e. The van der Waals surface area contributed by atoms with Crippen molar-refractivity contribution in [2.45, 2.75) is 87.0 Å². The van der Waals surface area contributed by atoms with Gasteiger partial charge in [0, 0.05) is 77.9 Å². The zero-order valence-corrected chi connectivity index (χ0v) is 54.5. The van der Waals surface area contributed by atoms with E-state index in [9.17, 15) is 0 Å². The molecule has 0 saturated carbocycles. The molecule has 6 nitrogen and oxygen atoms in total. The van der Waals surface area contributed by atoms with E-state index in [1.807, 2.05) is 0 Å². The number of fused-ring (bicyclic) bond motifs is 19. The third-order valence-electron chi connectivity index (χ3n) is 21.3. The summed E-state index contributed by atoms with van der Waals surface area (Å²) in [6.45, 7) is 25.4. The lowest BCUT2D eigenvalue weighted by atomic mass is 9.33. The van der Waals surface area contributed by atoms with Gasteiger partial charge >= 0.3 is 6.98 Å². The van der Waals surface area contributed by atoms with Gasteiger partial charge in [-0.2, -0.15) is 0 Å². The fourth-order valence-electron chi connectivity index (χ4n) is 17.2. The highest BCUT2D eigenvalue weighted by molar-refractivity contribution is 7.00. The van der Waals surface area contributed by atoms with Crippen LogP contribution < -0.4 is 41.3 Å². The van der Waals surface area contributed by atoms with E-state index >= 15 is 0 Å². The second kappa shape index (κ2) is 18.9. The first kappa shape index (κ1) is 54.3. The summed E-state index contributed by atoms with van der Waals surface area (Å²) >= 11 is 0. The fourth-order valence-corrected chi connectivity index (χ4v) is 17.2. The number of nitrogens with zero attached hydrogens (tertiary/aromatic N) is 4. The Morgan fingerprint density at radius 1 is 0.323 bits per heavy atom. The number of aryl methyl sites for hydroxylation is 5. The molecular weight excluding hydrogens is 1130 g/mol. The predicted octanol–water partition coefficient (Wildman–Crippen LogP) is 20.7. The van der Waals surface area contributed by atoms with Gasteiger partial charge in [-0.1, -0.05) is 175 Å². The molecule has 0 saturated heterocycles. The molecule has 446 valence electrons. The average molecular weight is 1200 g/mol. The molecule has 2 aromatic heterocycles. The van der Waals surface area contributed by atoms with Gasteiger partial charge in [0.15, 0.2) is 0 Å². The van der Waals surface area contributed by atoms with Crippen LogP contribution in [0.5, 0.6) is 0 Å². The lowest BCUT2D eigenvalue weighted by Gasteiger charge is -2.46. The van der Waals surface area contributed by atoms with Crippen molar-refractivity contribution in [3.05, 3.63) is 251 Å². The molecule has 12 aromatic carbocycles. The van der Waals surface area contributed by atoms with E-state index in [0.717, 1.165) is 66.1 Å². The number of hydrogen-bond acceptors (Lipinski definition) is 6. The molecule has 0 spiro atoms. The van der Waals surface area contributed by atoms with Crippen molar-refractivity contribution in [1.29, 1.82) is 0 Å². The summed E-state index contributed by atoms with van der Waals surface area (Å²) < 4.78 is 13.5. The molecule has 0 bridgehead atoms. The van der Waals surface area contributed by atoms with E-state index in [1.54, 1.807) is 0 Å². The summed E-state index contributed by atoms with van der Waals surface area (Å²) in [6.07, 6.45) is 0. The van der Waals surface area contributed by atoms with Crippen molar-refractivity contribution in [1.82, 2.24) is 0 Å². The summed E-state index contributed by atoms with van der Waals surface area (Å²) in [5.41, 5.74) is 39.0. The molecule has 0 amide bonds. The third-order valence-corrected chi connectivity index (χ3v) is 21.3. The summed E-state index contributed by atoms with van der Waals surface area (Å²) in [7, 11) is 0. The van der Waals surface area contributed by atoms with Crippen molar-refractivity contribution in [3.63, 3.8) is 0 Å². The first-order chi connectivity index (χ1) is 45.0. The minimum absolute atomic E-state index is 0.0575. The van der Waals surface area contributed by atoms with Crippen LogP contribution in [0.25, 0.3) is 88.4 Å². The van der Waals surface area contributed by atoms with Crippen molar-refractivity contribution in [3.8, 4) is 44.5 Å². The van der Waals surface area contributed by atoms with Gasteiger partial charge in [-0.3, -0.25) is 0 Å². The molecule has 5 aliphatic heterocycles. The van der Waals surface area contributed by atoms with Crippen LogP contribution in [0.3, 0.4) is 0 Å². The Morgan fingerprint density at radius 2 is 0.763 bits per heavy atom. The Kier molecular flexibility index (Phi) is 11.0. The highest BCUT2D eigenvalue weighted by Gasteiger charge is 2.54. The molecule has 7 heterocycles. The number of benzene rings is 12. The van der Waals surface area contributed by atoms with Gasteiger partial charge in [0.05, 0.1) is 22.7 Å². The minimum atomic E-state index is -0.134. The van der Waals surface area contributed by atoms with Gasteiger partial charge in [0.2, 0.25) is 0 Å². The lowest BCUT2D eigenvalue weighted by Crippen LogP contribution is -2.61. The van der Waals surface area contributed by atoms with Crippen LogP contribution >= 0.6 is 0 Å². The Hall–Kier alpha value is -10.4. The molecule has 14 aromatic rings. The average Bonchev–Trinajstić information content (AvgIpc) is 1.64. The van der Waals surface area contributed by atoms with Crippen molar-refractivity contribution < 1.29 is 8.83 Å². The smallest absolute Gasteiger partial charge is 0.422 e. The molecule has 19 rings (SSSR count). The van der Waals surface area contributed by atoms with E-state index in [0.29, 0.717) is 0 Å². The number of anilines is 10. The van der Waals surface area contributed by atoms with Crippen LogP contribution in [-0.4, -0.2) is 13.7 Å². The van der Waals surface area contributed by atoms with Gasteiger partial charge in [-0.25, -0.2) is 0 Å². The van der Waals surface area contributed by atoms with Crippen LogP contribution in [0.1, 0.15) is 80.5 Å². The summed E-state index contributed by atoms with van der Waals surface area (Å²) in [4.78, 5) is 10.7. The first-order valence-electron chi connectivity index (χ1n) is 33.0. The highest BCUT2D eigenvalue weighted by atomic mass is 16.3. The van der Waals surface area contributed by atoms with Gasteiger partial charge in [-0.05, 0) is 207 Å². The minimum Gasteiger partial charge on any atom is -0.455 e. The summed E-state index contributed by atoms with van der Waals surface area (Å²) in [5, 5.41) is 4.53. The number of rotatable bonds is 4. The van der Waals surface area contributed by atoms with E-state index in [1.165, 1.54) is 140 Å². The molecule has 0 aliphatic carbocycles. The Labute approximate surface area is 544 Å². The monoisotopic (exact) mass is 1200 g/mol. The van der Waals surface area contributed by atoms with Crippen LogP contribution in [0.4, 0.5) is 56.9 Å². The Morgan fingerprint density at radius 3 is 1.27 bits per heavy atom. The first-order valence-corrected chi connectivity index (χ1v) is 33.0. The molecule has 0 fully saturated rings. The topological polar surface area (TPSA) is 39.2 Å².